The Labute approximate surface area is 192 Å². The fourth-order valence-corrected chi connectivity index (χ4v) is 4.23. The topological polar surface area (TPSA) is 70.1 Å². The highest BCUT2D eigenvalue weighted by atomic mass is 16.5. The van der Waals surface area contributed by atoms with Gasteiger partial charge >= 0.3 is 0 Å². The summed E-state index contributed by atoms with van der Waals surface area (Å²) in [5.41, 5.74) is 4.26. The van der Waals surface area contributed by atoms with Gasteiger partial charge in [0.2, 0.25) is 5.78 Å². The SMILES string of the molecule is COc1ccc(CN2COc3cc(C)c4c(c3C2)O/C(=C\c2ccncc2)C4=O)cc1OC. The van der Waals surface area contributed by atoms with Gasteiger partial charge in [-0.25, -0.2) is 0 Å². The minimum absolute atomic E-state index is 0.112. The summed E-state index contributed by atoms with van der Waals surface area (Å²) in [7, 11) is 3.24. The molecule has 0 fully saturated rings. The van der Waals surface area contributed by atoms with Gasteiger partial charge < -0.3 is 18.9 Å². The van der Waals surface area contributed by atoms with Crippen LogP contribution in [0.5, 0.6) is 23.0 Å². The predicted molar refractivity (Wildman–Crippen MR) is 123 cm³/mol. The number of Topliss-reactive ketones (excluding diaryl/α,β-unsaturated/α-hetero) is 1. The number of methoxy groups -OCH3 is 2. The fraction of sp³-hybridized carbons (Fsp3) is 0.231. The maximum Gasteiger partial charge on any atom is 0.232 e. The first-order valence-electron chi connectivity index (χ1n) is 10.6. The second kappa shape index (κ2) is 8.60. The quantitative estimate of drug-likeness (QED) is 0.541. The molecule has 0 saturated heterocycles. The Morgan fingerprint density at radius 2 is 1.88 bits per heavy atom. The highest BCUT2D eigenvalue weighted by Crippen LogP contribution is 2.44. The Hall–Kier alpha value is -3.84. The summed E-state index contributed by atoms with van der Waals surface area (Å²) >= 11 is 0. The Balaban J connectivity index is 1.43. The molecular weight excluding hydrogens is 420 g/mol. The number of fused-ring (bicyclic) bond motifs is 3. The van der Waals surface area contributed by atoms with E-state index in [1.807, 2.05) is 43.3 Å². The molecule has 168 valence electrons. The number of rotatable bonds is 5. The van der Waals surface area contributed by atoms with Crippen LogP contribution in [0.4, 0.5) is 0 Å². The molecule has 0 spiro atoms. The van der Waals surface area contributed by atoms with E-state index in [2.05, 4.69) is 9.88 Å². The fourth-order valence-electron chi connectivity index (χ4n) is 4.23. The molecule has 0 N–H and O–H groups in total. The lowest BCUT2D eigenvalue weighted by atomic mass is 9.98. The van der Waals surface area contributed by atoms with E-state index in [-0.39, 0.29) is 5.78 Å². The number of aryl methyl sites for hydroxylation is 1. The van der Waals surface area contributed by atoms with Crippen molar-refractivity contribution < 1.29 is 23.7 Å². The van der Waals surface area contributed by atoms with E-state index < -0.39 is 0 Å². The van der Waals surface area contributed by atoms with Crippen molar-refractivity contribution in [3.63, 3.8) is 0 Å². The number of ketones is 1. The summed E-state index contributed by atoms with van der Waals surface area (Å²) in [6, 6.07) is 11.5. The van der Waals surface area contributed by atoms with Crippen LogP contribution in [-0.2, 0) is 13.1 Å². The van der Waals surface area contributed by atoms with Gasteiger partial charge in [-0.1, -0.05) is 6.07 Å². The van der Waals surface area contributed by atoms with Crippen molar-refractivity contribution in [1.82, 2.24) is 9.88 Å². The number of carbonyl (C=O) groups excluding carboxylic acids is 1. The summed E-state index contributed by atoms with van der Waals surface area (Å²) in [6.07, 6.45) is 5.12. The van der Waals surface area contributed by atoms with Crippen LogP contribution in [0.1, 0.15) is 32.6 Å². The molecule has 0 aliphatic carbocycles. The average Bonchev–Trinajstić information content (AvgIpc) is 3.16. The Kier molecular flexibility index (Phi) is 5.48. The molecule has 3 heterocycles. The van der Waals surface area contributed by atoms with Crippen LogP contribution in [0.2, 0.25) is 0 Å². The number of carbonyl (C=O) groups is 1. The lowest BCUT2D eigenvalue weighted by Crippen LogP contribution is -2.31. The summed E-state index contributed by atoms with van der Waals surface area (Å²) in [5.74, 6) is 2.92. The molecule has 33 heavy (non-hydrogen) atoms. The third-order valence-corrected chi connectivity index (χ3v) is 5.85. The van der Waals surface area contributed by atoms with Gasteiger partial charge in [-0.15, -0.1) is 0 Å². The van der Waals surface area contributed by atoms with Crippen LogP contribution >= 0.6 is 0 Å². The minimum Gasteiger partial charge on any atom is -0.493 e. The first-order chi connectivity index (χ1) is 16.1. The van der Waals surface area contributed by atoms with Gasteiger partial charge in [0.1, 0.15) is 18.2 Å². The third kappa shape index (κ3) is 3.91. The first-order valence-corrected chi connectivity index (χ1v) is 10.6. The molecule has 2 aromatic carbocycles. The second-order valence-corrected chi connectivity index (χ2v) is 8.04. The zero-order valence-corrected chi connectivity index (χ0v) is 18.8. The largest absolute Gasteiger partial charge is 0.493 e. The average molecular weight is 444 g/mol. The maximum atomic E-state index is 13.1. The lowest BCUT2D eigenvalue weighted by Gasteiger charge is -2.30. The summed E-state index contributed by atoms with van der Waals surface area (Å²) in [5, 5.41) is 0. The first kappa shape index (κ1) is 21.0. The van der Waals surface area contributed by atoms with Crippen LogP contribution in [0.15, 0.2) is 54.6 Å². The summed E-state index contributed by atoms with van der Waals surface area (Å²) < 4.78 is 22.9. The van der Waals surface area contributed by atoms with Crippen molar-refractivity contribution in [3.05, 3.63) is 82.4 Å². The van der Waals surface area contributed by atoms with Gasteiger partial charge in [-0.05, 0) is 60.0 Å². The number of ether oxygens (including phenoxy) is 4. The molecular formula is C26H24N2O5. The zero-order valence-electron chi connectivity index (χ0n) is 18.8. The highest BCUT2D eigenvalue weighted by Gasteiger charge is 2.35. The molecule has 3 aromatic rings. The van der Waals surface area contributed by atoms with Crippen LogP contribution in [0.3, 0.4) is 0 Å². The number of pyridine rings is 1. The number of allylic oxidation sites excluding steroid dienone is 1. The number of aromatic nitrogens is 1. The van der Waals surface area contributed by atoms with Crippen molar-refractivity contribution in [2.45, 2.75) is 20.0 Å². The van der Waals surface area contributed by atoms with Crippen molar-refractivity contribution in [3.8, 4) is 23.0 Å². The van der Waals surface area contributed by atoms with E-state index in [4.69, 9.17) is 18.9 Å². The van der Waals surface area contributed by atoms with Crippen molar-refractivity contribution in [2.75, 3.05) is 21.0 Å². The molecule has 0 bridgehead atoms. The molecule has 0 radical (unpaired) electrons. The Bertz CT molecular complexity index is 1250. The monoisotopic (exact) mass is 444 g/mol. The van der Waals surface area contributed by atoms with E-state index in [1.165, 1.54) is 0 Å². The number of hydrogen-bond acceptors (Lipinski definition) is 7. The van der Waals surface area contributed by atoms with Gasteiger partial charge in [-0.3, -0.25) is 14.7 Å². The number of nitrogens with zero attached hydrogens (tertiary/aromatic N) is 2. The summed E-state index contributed by atoms with van der Waals surface area (Å²) in [4.78, 5) is 19.3. The smallest absolute Gasteiger partial charge is 0.232 e. The summed E-state index contributed by atoms with van der Waals surface area (Å²) in [6.45, 7) is 3.60. The molecule has 1 aromatic heterocycles. The third-order valence-electron chi connectivity index (χ3n) is 5.85. The Morgan fingerprint density at radius 3 is 2.64 bits per heavy atom. The second-order valence-electron chi connectivity index (χ2n) is 8.04. The minimum atomic E-state index is -0.112. The van der Waals surface area contributed by atoms with E-state index in [9.17, 15) is 4.79 Å². The molecule has 0 atom stereocenters. The number of benzene rings is 2. The molecule has 2 aliphatic heterocycles. The van der Waals surface area contributed by atoms with E-state index in [0.717, 1.165) is 28.0 Å². The molecule has 0 saturated carbocycles. The molecule has 5 rings (SSSR count). The maximum absolute atomic E-state index is 13.1. The van der Waals surface area contributed by atoms with Crippen LogP contribution < -0.4 is 18.9 Å². The van der Waals surface area contributed by atoms with Crippen molar-refractivity contribution in [2.24, 2.45) is 0 Å². The normalized spacial score (nSPS) is 16.1. The lowest BCUT2D eigenvalue weighted by molar-refractivity contribution is 0.0871. The molecule has 7 heteroatoms. The highest BCUT2D eigenvalue weighted by molar-refractivity contribution is 6.15. The van der Waals surface area contributed by atoms with Crippen LogP contribution in [0, 0.1) is 6.92 Å². The van der Waals surface area contributed by atoms with E-state index in [1.54, 1.807) is 32.7 Å². The number of hydrogen-bond donors (Lipinski definition) is 0. The van der Waals surface area contributed by atoms with Crippen molar-refractivity contribution in [1.29, 1.82) is 0 Å². The van der Waals surface area contributed by atoms with Crippen molar-refractivity contribution >= 4 is 11.9 Å². The van der Waals surface area contributed by atoms with Gasteiger partial charge in [0.25, 0.3) is 0 Å². The van der Waals surface area contributed by atoms with Crippen LogP contribution in [-0.4, -0.2) is 36.6 Å². The zero-order chi connectivity index (χ0) is 22.9. The van der Waals surface area contributed by atoms with E-state index >= 15 is 0 Å². The predicted octanol–water partition coefficient (Wildman–Crippen LogP) is 4.38. The van der Waals surface area contributed by atoms with Gasteiger partial charge in [0.05, 0.1) is 25.3 Å². The van der Waals surface area contributed by atoms with Gasteiger partial charge in [-0.2, -0.15) is 0 Å². The standard InChI is InChI=1S/C26H24N2O5/c1-16-10-21-19(26-24(16)25(29)23(33-26)11-17-6-8-27-9-7-17)14-28(15-32-21)13-18-4-5-20(30-2)22(12-18)31-3/h4-12H,13-15H2,1-3H3/b23-11-. The van der Waals surface area contributed by atoms with Gasteiger partial charge in [0.15, 0.2) is 17.3 Å². The molecule has 7 nitrogen and oxygen atoms in total. The van der Waals surface area contributed by atoms with E-state index in [0.29, 0.717) is 48.4 Å². The van der Waals surface area contributed by atoms with Crippen LogP contribution in [0.25, 0.3) is 6.08 Å². The molecule has 2 aliphatic rings. The Morgan fingerprint density at radius 1 is 1.09 bits per heavy atom. The molecule has 0 unspecified atom stereocenters. The van der Waals surface area contributed by atoms with Gasteiger partial charge in [0, 0.05) is 25.5 Å². The molecule has 0 amide bonds.